The van der Waals surface area contributed by atoms with Gasteiger partial charge in [0.2, 0.25) is 0 Å². The van der Waals surface area contributed by atoms with Crippen molar-refractivity contribution in [1.29, 1.82) is 0 Å². The van der Waals surface area contributed by atoms with Crippen molar-refractivity contribution in [3.63, 3.8) is 0 Å². The lowest BCUT2D eigenvalue weighted by molar-refractivity contribution is -0.123. The first-order valence-corrected chi connectivity index (χ1v) is 10.5. The van der Waals surface area contributed by atoms with Crippen LogP contribution in [-0.4, -0.2) is 17.6 Å². The van der Waals surface area contributed by atoms with Gasteiger partial charge in [0.05, 0.1) is 6.54 Å². The normalized spacial score (nSPS) is 12.1. The molecule has 3 aromatic rings. The second-order valence-corrected chi connectivity index (χ2v) is 8.69. The highest BCUT2D eigenvalue weighted by atomic mass is 32.1. The summed E-state index contributed by atoms with van der Waals surface area (Å²) in [5.74, 6) is 0.986. The summed E-state index contributed by atoms with van der Waals surface area (Å²) < 4.78 is 5.54. The van der Waals surface area contributed by atoms with Gasteiger partial charge in [-0.2, -0.15) is 0 Å². The predicted octanol–water partition coefficient (Wildman–Crippen LogP) is 4.71. The van der Waals surface area contributed by atoms with Gasteiger partial charge >= 0.3 is 0 Å². The Morgan fingerprint density at radius 3 is 2.56 bits per heavy atom. The SMILES string of the molecule is CC(C)c1ccc(OCC(=O)NCc2ccc(C(O)c3cccs3)s2)cc1. The number of aliphatic hydroxyl groups excluding tert-OH is 1. The Kier molecular flexibility index (Phi) is 6.66. The number of carbonyl (C=O) groups excluding carboxylic acids is 1. The molecule has 3 rings (SSSR count). The van der Waals surface area contributed by atoms with Crippen molar-refractivity contribution >= 4 is 28.6 Å². The molecule has 0 spiro atoms. The molecule has 1 amide bonds. The average molecular weight is 402 g/mol. The van der Waals surface area contributed by atoms with Crippen LogP contribution < -0.4 is 10.1 Å². The van der Waals surface area contributed by atoms with E-state index in [1.54, 1.807) is 0 Å². The van der Waals surface area contributed by atoms with Crippen molar-refractivity contribution < 1.29 is 14.6 Å². The Morgan fingerprint density at radius 1 is 1.11 bits per heavy atom. The van der Waals surface area contributed by atoms with Crippen molar-refractivity contribution in [3.8, 4) is 5.75 Å². The molecule has 1 unspecified atom stereocenters. The molecule has 4 nitrogen and oxygen atoms in total. The highest BCUT2D eigenvalue weighted by Gasteiger charge is 2.14. The van der Waals surface area contributed by atoms with Crippen LogP contribution in [0.25, 0.3) is 0 Å². The van der Waals surface area contributed by atoms with E-state index in [1.807, 2.05) is 53.9 Å². The molecule has 0 saturated heterocycles. The molecule has 2 N–H and O–H groups in total. The van der Waals surface area contributed by atoms with Gasteiger partial charge in [-0.3, -0.25) is 4.79 Å². The number of rotatable bonds is 8. The van der Waals surface area contributed by atoms with Crippen LogP contribution in [0.4, 0.5) is 0 Å². The number of hydrogen-bond donors (Lipinski definition) is 2. The molecule has 0 fully saturated rings. The van der Waals surface area contributed by atoms with Crippen LogP contribution in [0.2, 0.25) is 0 Å². The van der Waals surface area contributed by atoms with Gasteiger partial charge in [-0.05, 0) is 47.2 Å². The minimum Gasteiger partial charge on any atom is -0.484 e. The summed E-state index contributed by atoms with van der Waals surface area (Å²) in [6.07, 6.45) is -0.600. The van der Waals surface area contributed by atoms with Crippen LogP contribution >= 0.6 is 22.7 Å². The maximum absolute atomic E-state index is 12.0. The van der Waals surface area contributed by atoms with Crippen molar-refractivity contribution in [2.45, 2.75) is 32.4 Å². The molecule has 1 aromatic carbocycles. The van der Waals surface area contributed by atoms with Crippen LogP contribution in [0.5, 0.6) is 5.75 Å². The molecule has 142 valence electrons. The largest absolute Gasteiger partial charge is 0.484 e. The Labute approximate surface area is 167 Å². The molecular formula is C21H23NO3S2. The van der Waals surface area contributed by atoms with Gasteiger partial charge in [0.15, 0.2) is 6.61 Å². The highest BCUT2D eigenvalue weighted by Crippen LogP contribution is 2.30. The van der Waals surface area contributed by atoms with E-state index in [0.29, 0.717) is 18.2 Å². The zero-order valence-corrected chi connectivity index (χ0v) is 17.0. The van der Waals surface area contributed by atoms with Gasteiger partial charge in [0, 0.05) is 14.6 Å². The van der Waals surface area contributed by atoms with Crippen LogP contribution in [-0.2, 0) is 11.3 Å². The number of amides is 1. The van der Waals surface area contributed by atoms with Crippen molar-refractivity contribution in [1.82, 2.24) is 5.32 Å². The number of benzene rings is 1. The zero-order valence-electron chi connectivity index (χ0n) is 15.3. The second kappa shape index (κ2) is 9.17. The average Bonchev–Trinajstić information content (AvgIpc) is 3.36. The van der Waals surface area contributed by atoms with Gasteiger partial charge in [-0.25, -0.2) is 0 Å². The lowest BCUT2D eigenvalue weighted by Gasteiger charge is -2.09. The first-order chi connectivity index (χ1) is 13.0. The number of hydrogen-bond acceptors (Lipinski definition) is 5. The zero-order chi connectivity index (χ0) is 19.2. The standard InChI is InChI=1S/C21H23NO3S2/c1-14(2)15-5-7-16(8-6-15)25-13-20(23)22-12-17-9-10-19(27-17)21(24)18-4-3-11-26-18/h3-11,14,21,24H,12-13H2,1-2H3,(H,22,23). The summed E-state index contributed by atoms with van der Waals surface area (Å²) in [6.45, 7) is 4.69. The van der Waals surface area contributed by atoms with Gasteiger partial charge in [-0.1, -0.05) is 32.0 Å². The smallest absolute Gasteiger partial charge is 0.258 e. The molecule has 0 bridgehead atoms. The fourth-order valence-electron chi connectivity index (χ4n) is 2.56. The number of nitrogens with one attached hydrogen (secondary N) is 1. The van der Waals surface area contributed by atoms with Crippen LogP contribution in [0, 0.1) is 0 Å². The number of ether oxygens (including phenoxy) is 1. The summed E-state index contributed by atoms with van der Waals surface area (Å²) in [6, 6.07) is 15.5. The third-order valence-corrected chi connectivity index (χ3v) is 6.20. The maximum atomic E-state index is 12.0. The minimum absolute atomic E-state index is 0.0168. The molecule has 1 atom stereocenters. The minimum atomic E-state index is -0.600. The van der Waals surface area contributed by atoms with Gasteiger partial charge in [-0.15, -0.1) is 22.7 Å². The van der Waals surface area contributed by atoms with E-state index in [-0.39, 0.29) is 12.5 Å². The predicted molar refractivity (Wildman–Crippen MR) is 111 cm³/mol. The fraction of sp³-hybridized carbons (Fsp3) is 0.286. The van der Waals surface area contributed by atoms with E-state index in [0.717, 1.165) is 14.6 Å². The first-order valence-electron chi connectivity index (χ1n) is 8.82. The number of carbonyl (C=O) groups is 1. The molecule has 2 aromatic heterocycles. The molecule has 0 aliphatic rings. The van der Waals surface area contributed by atoms with Gasteiger partial charge < -0.3 is 15.2 Å². The Morgan fingerprint density at radius 2 is 1.89 bits per heavy atom. The Hall–Kier alpha value is -2.15. The number of thiophene rings is 2. The molecule has 0 aliphatic carbocycles. The maximum Gasteiger partial charge on any atom is 0.258 e. The van der Waals surface area contributed by atoms with E-state index in [1.165, 1.54) is 28.2 Å². The van der Waals surface area contributed by atoms with E-state index in [2.05, 4.69) is 19.2 Å². The van der Waals surface area contributed by atoms with E-state index in [4.69, 9.17) is 4.74 Å². The molecule has 27 heavy (non-hydrogen) atoms. The number of aliphatic hydroxyl groups is 1. The van der Waals surface area contributed by atoms with Crippen LogP contribution in [0.1, 0.15) is 46.1 Å². The van der Waals surface area contributed by atoms with Crippen molar-refractivity contribution in [2.75, 3.05) is 6.61 Å². The highest BCUT2D eigenvalue weighted by molar-refractivity contribution is 7.12. The third-order valence-electron chi connectivity index (χ3n) is 4.14. The van der Waals surface area contributed by atoms with E-state index >= 15 is 0 Å². The van der Waals surface area contributed by atoms with Crippen LogP contribution in [0.15, 0.2) is 53.9 Å². The van der Waals surface area contributed by atoms with Crippen LogP contribution in [0.3, 0.4) is 0 Å². The van der Waals surface area contributed by atoms with E-state index in [9.17, 15) is 9.90 Å². The van der Waals surface area contributed by atoms with E-state index < -0.39 is 6.10 Å². The van der Waals surface area contributed by atoms with Crippen molar-refractivity contribution in [3.05, 3.63) is 74.1 Å². The summed E-state index contributed by atoms with van der Waals surface area (Å²) in [5.41, 5.74) is 1.24. The Balaban J connectivity index is 1.45. The lowest BCUT2D eigenvalue weighted by Crippen LogP contribution is -2.28. The molecule has 0 radical (unpaired) electrons. The molecule has 0 aliphatic heterocycles. The van der Waals surface area contributed by atoms with Crippen molar-refractivity contribution in [2.24, 2.45) is 0 Å². The fourth-order valence-corrected chi connectivity index (χ4v) is 4.32. The molecular weight excluding hydrogens is 378 g/mol. The first kappa shape index (κ1) is 19.6. The summed E-state index contributed by atoms with van der Waals surface area (Å²) >= 11 is 3.03. The summed E-state index contributed by atoms with van der Waals surface area (Å²) in [7, 11) is 0. The summed E-state index contributed by atoms with van der Waals surface area (Å²) in [4.78, 5) is 14.8. The monoisotopic (exact) mass is 401 g/mol. The molecule has 6 heteroatoms. The molecule has 0 saturated carbocycles. The third kappa shape index (κ3) is 5.42. The Bertz CT molecular complexity index is 854. The summed E-state index contributed by atoms with van der Waals surface area (Å²) in [5, 5.41) is 15.2. The topological polar surface area (TPSA) is 58.6 Å². The van der Waals surface area contributed by atoms with Gasteiger partial charge in [0.1, 0.15) is 11.9 Å². The quantitative estimate of drug-likeness (QED) is 0.575. The van der Waals surface area contributed by atoms with Gasteiger partial charge in [0.25, 0.3) is 5.91 Å². The lowest BCUT2D eigenvalue weighted by atomic mass is 10.0. The second-order valence-electron chi connectivity index (χ2n) is 6.51. The molecule has 2 heterocycles.